The molecule has 0 N–H and O–H groups in total. The van der Waals surface area contributed by atoms with Crippen LogP contribution in [0.3, 0.4) is 0 Å². The van der Waals surface area contributed by atoms with Crippen LogP contribution in [0.1, 0.15) is 34.8 Å². The maximum atomic E-state index is 13.0. The normalized spacial score (nSPS) is 11.9. The lowest BCUT2D eigenvalue weighted by Gasteiger charge is -2.29. The summed E-state index contributed by atoms with van der Waals surface area (Å²) in [5.74, 6) is 0.733. The monoisotopic (exact) mass is 320 g/mol. The number of hydrogen-bond donors (Lipinski definition) is 0. The van der Waals surface area contributed by atoms with Gasteiger partial charge in [-0.15, -0.1) is 0 Å². The quantitative estimate of drug-likeness (QED) is 0.725. The van der Waals surface area contributed by atoms with Gasteiger partial charge in [0.15, 0.2) is 0 Å². The zero-order chi connectivity index (χ0) is 16.9. The van der Waals surface area contributed by atoms with Crippen LogP contribution in [0.25, 0.3) is 0 Å². The lowest BCUT2D eigenvalue weighted by Crippen LogP contribution is -2.34. The average Bonchev–Trinajstić information content (AvgIpc) is 3.05. The molecule has 5 nitrogen and oxygen atoms in total. The zero-order valence-corrected chi connectivity index (χ0v) is 13.8. The van der Waals surface area contributed by atoms with Gasteiger partial charge in [0, 0.05) is 25.6 Å². The Balaban J connectivity index is 1.94. The van der Waals surface area contributed by atoms with Crippen LogP contribution in [-0.2, 0) is 13.6 Å². The molecule has 0 saturated heterocycles. The van der Waals surface area contributed by atoms with Gasteiger partial charge in [0.05, 0.1) is 12.6 Å². The topological polar surface area (TPSA) is 51.0 Å². The minimum atomic E-state index is -0.102. The summed E-state index contributed by atoms with van der Waals surface area (Å²) in [6.07, 6.45) is 5.26. The highest BCUT2D eigenvalue weighted by Crippen LogP contribution is 2.23. The van der Waals surface area contributed by atoms with Gasteiger partial charge in [0.25, 0.3) is 5.91 Å². The van der Waals surface area contributed by atoms with E-state index in [0.29, 0.717) is 12.2 Å². The van der Waals surface area contributed by atoms with Crippen molar-refractivity contribution in [3.8, 4) is 0 Å². The Bertz CT molecular complexity index is 799. The first-order chi connectivity index (χ1) is 11.7. The Hall–Kier alpha value is -2.95. The summed E-state index contributed by atoms with van der Waals surface area (Å²) in [7, 11) is 1.93. The first-order valence-corrected chi connectivity index (χ1v) is 7.90. The highest BCUT2D eigenvalue weighted by Gasteiger charge is 2.25. The Morgan fingerprint density at radius 2 is 1.83 bits per heavy atom. The smallest absolute Gasteiger partial charge is 0.273 e. The summed E-state index contributed by atoms with van der Waals surface area (Å²) in [5.41, 5.74) is 1.52. The summed E-state index contributed by atoms with van der Waals surface area (Å²) in [5, 5.41) is 0. The minimum absolute atomic E-state index is 0.0857. The molecule has 122 valence electrons. The molecule has 1 aromatic carbocycles. The molecule has 24 heavy (non-hydrogen) atoms. The lowest BCUT2D eigenvalue weighted by atomic mass is 10.1. The van der Waals surface area contributed by atoms with Gasteiger partial charge >= 0.3 is 0 Å². The summed E-state index contributed by atoms with van der Waals surface area (Å²) in [4.78, 5) is 23.4. The van der Waals surface area contributed by atoms with Crippen LogP contribution in [-0.4, -0.2) is 25.3 Å². The summed E-state index contributed by atoms with van der Waals surface area (Å²) in [6.45, 7) is 2.45. The van der Waals surface area contributed by atoms with Crippen LogP contribution < -0.4 is 0 Å². The molecule has 2 heterocycles. The van der Waals surface area contributed by atoms with E-state index in [-0.39, 0.29) is 11.9 Å². The van der Waals surface area contributed by atoms with Crippen molar-refractivity contribution < 1.29 is 4.79 Å². The molecule has 0 aliphatic rings. The first kappa shape index (κ1) is 15.9. The van der Waals surface area contributed by atoms with Crippen molar-refractivity contribution in [3.63, 3.8) is 0 Å². The van der Waals surface area contributed by atoms with Crippen LogP contribution in [0.2, 0.25) is 0 Å². The van der Waals surface area contributed by atoms with E-state index in [9.17, 15) is 4.79 Å². The van der Waals surface area contributed by atoms with E-state index >= 15 is 0 Å². The van der Waals surface area contributed by atoms with Crippen LogP contribution in [0.15, 0.2) is 67.1 Å². The second kappa shape index (κ2) is 7.08. The summed E-state index contributed by atoms with van der Waals surface area (Å²) >= 11 is 0. The predicted octanol–water partition coefficient (Wildman–Crippen LogP) is 3.22. The van der Waals surface area contributed by atoms with Gasteiger partial charge in [0.1, 0.15) is 11.5 Å². The molecule has 5 heteroatoms. The van der Waals surface area contributed by atoms with Gasteiger partial charge in [0.2, 0.25) is 0 Å². The predicted molar refractivity (Wildman–Crippen MR) is 92.2 cm³/mol. The number of nitrogens with zero attached hydrogens (tertiary/aromatic N) is 4. The molecule has 1 amide bonds. The zero-order valence-electron chi connectivity index (χ0n) is 13.8. The molecule has 3 rings (SSSR count). The number of hydrogen-bond acceptors (Lipinski definition) is 3. The van der Waals surface area contributed by atoms with Crippen LogP contribution in [0.5, 0.6) is 0 Å². The van der Waals surface area contributed by atoms with Crippen LogP contribution >= 0.6 is 0 Å². The second-order valence-corrected chi connectivity index (χ2v) is 5.69. The third-order valence-corrected chi connectivity index (χ3v) is 4.13. The highest BCUT2D eigenvalue weighted by atomic mass is 16.2. The van der Waals surface area contributed by atoms with E-state index in [1.165, 1.54) is 0 Å². The van der Waals surface area contributed by atoms with E-state index in [2.05, 4.69) is 9.97 Å². The lowest BCUT2D eigenvalue weighted by molar-refractivity contribution is 0.0660. The SMILES string of the molecule is CC(c1ccccc1)N(Cc1nccn1C)C(=O)c1ccccn1. The van der Waals surface area contributed by atoms with Crippen molar-refractivity contribution >= 4 is 5.91 Å². The molecule has 0 bridgehead atoms. The molecule has 0 saturated carbocycles. The number of rotatable bonds is 5. The number of benzene rings is 1. The number of aromatic nitrogens is 3. The van der Waals surface area contributed by atoms with Gasteiger partial charge < -0.3 is 9.47 Å². The van der Waals surface area contributed by atoms with Gasteiger partial charge in [-0.2, -0.15) is 0 Å². The first-order valence-electron chi connectivity index (χ1n) is 7.90. The van der Waals surface area contributed by atoms with E-state index in [0.717, 1.165) is 11.4 Å². The standard InChI is InChI=1S/C19H20N4O/c1-15(16-8-4-3-5-9-16)23(14-18-21-12-13-22(18)2)19(24)17-10-6-7-11-20-17/h3-13,15H,14H2,1-2H3. The van der Waals surface area contributed by atoms with E-state index in [1.54, 1.807) is 29.4 Å². The third kappa shape index (κ3) is 3.35. The molecule has 3 aromatic rings. The fourth-order valence-electron chi connectivity index (χ4n) is 2.63. The molecule has 1 atom stereocenters. The number of pyridine rings is 1. The van der Waals surface area contributed by atoms with Gasteiger partial charge in [-0.1, -0.05) is 36.4 Å². The third-order valence-electron chi connectivity index (χ3n) is 4.13. The molecule has 0 fully saturated rings. The molecular formula is C19H20N4O. The molecule has 0 radical (unpaired) electrons. The fraction of sp³-hybridized carbons (Fsp3) is 0.211. The van der Waals surface area contributed by atoms with E-state index in [1.807, 2.05) is 61.1 Å². The Kier molecular flexibility index (Phi) is 4.70. The number of imidazole rings is 1. The molecular weight excluding hydrogens is 300 g/mol. The van der Waals surface area contributed by atoms with Crippen molar-refractivity contribution in [2.24, 2.45) is 7.05 Å². The molecule has 0 spiro atoms. The van der Waals surface area contributed by atoms with Crippen molar-refractivity contribution in [1.82, 2.24) is 19.4 Å². The van der Waals surface area contributed by atoms with Crippen molar-refractivity contribution in [3.05, 3.63) is 84.2 Å². The van der Waals surface area contributed by atoms with E-state index < -0.39 is 0 Å². The van der Waals surface area contributed by atoms with Crippen molar-refractivity contribution in [1.29, 1.82) is 0 Å². The van der Waals surface area contributed by atoms with Gasteiger partial charge in [-0.25, -0.2) is 4.98 Å². The Morgan fingerprint density at radius 3 is 2.46 bits per heavy atom. The summed E-state index contributed by atoms with van der Waals surface area (Å²) in [6, 6.07) is 15.3. The largest absolute Gasteiger partial charge is 0.337 e. The fourth-order valence-corrected chi connectivity index (χ4v) is 2.63. The molecule has 0 aliphatic heterocycles. The summed E-state index contributed by atoms with van der Waals surface area (Å²) < 4.78 is 1.93. The van der Waals surface area contributed by atoms with Gasteiger partial charge in [-0.05, 0) is 24.6 Å². The maximum absolute atomic E-state index is 13.0. The average molecular weight is 320 g/mol. The highest BCUT2D eigenvalue weighted by molar-refractivity contribution is 5.92. The number of amides is 1. The Labute approximate surface area is 141 Å². The number of aryl methyl sites for hydroxylation is 1. The van der Waals surface area contributed by atoms with Crippen molar-refractivity contribution in [2.75, 3.05) is 0 Å². The van der Waals surface area contributed by atoms with E-state index in [4.69, 9.17) is 0 Å². The second-order valence-electron chi connectivity index (χ2n) is 5.69. The van der Waals surface area contributed by atoms with Crippen molar-refractivity contribution in [2.45, 2.75) is 19.5 Å². The molecule has 2 aromatic heterocycles. The molecule has 1 unspecified atom stereocenters. The van der Waals surface area contributed by atoms with Gasteiger partial charge in [-0.3, -0.25) is 9.78 Å². The number of carbonyl (C=O) groups is 1. The van der Waals surface area contributed by atoms with Crippen LogP contribution in [0, 0.1) is 0 Å². The number of carbonyl (C=O) groups excluding carboxylic acids is 1. The Morgan fingerprint density at radius 1 is 1.08 bits per heavy atom. The van der Waals surface area contributed by atoms with Crippen LogP contribution in [0.4, 0.5) is 0 Å². The molecule has 0 aliphatic carbocycles. The maximum Gasteiger partial charge on any atom is 0.273 e. The minimum Gasteiger partial charge on any atom is -0.337 e.